The fraction of sp³-hybridized carbons (Fsp3) is 0.0571. The summed E-state index contributed by atoms with van der Waals surface area (Å²) in [5, 5.41) is 3.64. The topological polar surface area (TPSA) is 17.8 Å². The van der Waals surface area contributed by atoms with Gasteiger partial charge in [-0.1, -0.05) is 115 Å². The Morgan fingerprint density at radius 3 is 2.45 bits per heavy atom. The highest BCUT2D eigenvalue weighted by atomic mass is 32.2. The number of allylic oxidation sites excluding steroid dienone is 3. The summed E-state index contributed by atoms with van der Waals surface area (Å²) in [5.41, 5.74) is 9.04. The maximum atomic E-state index is 5.01. The van der Waals surface area contributed by atoms with Gasteiger partial charge in [0.15, 0.2) is 0 Å². The molecule has 1 aliphatic heterocycles. The molecule has 0 saturated heterocycles. The molecule has 0 unspecified atom stereocenters. The lowest BCUT2D eigenvalue weighted by Gasteiger charge is -2.18. The molecule has 6 aromatic rings. The zero-order valence-electron chi connectivity index (χ0n) is 20.8. The van der Waals surface area contributed by atoms with Gasteiger partial charge in [-0.05, 0) is 52.6 Å². The van der Waals surface area contributed by atoms with E-state index in [1.165, 1.54) is 59.6 Å². The van der Waals surface area contributed by atoms with E-state index >= 15 is 0 Å². The average Bonchev–Trinajstić information content (AvgIpc) is 3.24. The van der Waals surface area contributed by atoms with Crippen LogP contribution in [0, 0.1) is 0 Å². The second kappa shape index (κ2) is 8.61. The minimum atomic E-state index is 0.968. The molecule has 0 N–H and O–H groups in total. The van der Waals surface area contributed by atoms with Crippen molar-refractivity contribution in [1.29, 1.82) is 0 Å². The van der Waals surface area contributed by atoms with Crippen molar-refractivity contribution in [1.82, 2.24) is 9.55 Å². The second-order valence-electron chi connectivity index (χ2n) is 9.90. The van der Waals surface area contributed by atoms with E-state index < -0.39 is 0 Å². The van der Waals surface area contributed by atoms with Crippen LogP contribution in [0.3, 0.4) is 0 Å². The van der Waals surface area contributed by atoms with E-state index in [0.717, 1.165) is 24.0 Å². The molecule has 0 radical (unpaired) electrons. The summed E-state index contributed by atoms with van der Waals surface area (Å²) in [6.45, 7) is 0. The Hall–Kier alpha value is -4.34. The lowest BCUT2D eigenvalue weighted by Crippen LogP contribution is -2.04. The van der Waals surface area contributed by atoms with Crippen LogP contribution in [0.15, 0.2) is 131 Å². The number of aromatic nitrogens is 2. The van der Waals surface area contributed by atoms with E-state index in [1.54, 1.807) is 0 Å². The zero-order valence-corrected chi connectivity index (χ0v) is 21.6. The maximum Gasteiger partial charge on any atom is 0.138 e. The minimum Gasteiger partial charge on any atom is -0.293 e. The van der Waals surface area contributed by atoms with Gasteiger partial charge >= 0.3 is 0 Å². The lowest BCUT2D eigenvalue weighted by atomic mass is 9.92. The average molecular weight is 505 g/mol. The zero-order chi connectivity index (χ0) is 25.1. The number of thioether (sulfide) groups is 1. The summed E-state index contributed by atoms with van der Waals surface area (Å²) >= 11 is 1.92. The Morgan fingerprint density at radius 2 is 1.53 bits per heavy atom. The molecular formula is C35H24N2S. The molecule has 0 saturated carbocycles. The van der Waals surface area contributed by atoms with Crippen molar-refractivity contribution in [2.24, 2.45) is 0 Å². The smallest absolute Gasteiger partial charge is 0.138 e. The van der Waals surface area contributed by atoms with E-state index in [0.29, 0.717) is 0 Å². The van der Waals surface area contributed by atoms with Crippen LogP contribution in [0.1, 0.15) is 18.5 Å². The molecule has 0 fully saturated rings. The monoisotopic (exact) mass is 504 g/mol. The van der Waals surface area contributed by atoms with E-state index in [1.807, 2.05) is 18.0 Å². The van der Waals surface area contributed by atoms with Crippen molar-refractivity contribution in [3.05, 3.63) is 132 Å². The predicted molar refractivity (Wildman–Crippen MR) is 161 cm³/mol. The van der Waals surface area contributed by atoms with Crippen molar-refractivity contribution >= 4 is 39.0 Å². The Labute approximate surface area is 226 Å². The molecule has 180 valence electrons. The summed E-state index contributed by atoms with van der Waals surface area (Å²) in [6.07, 6.45) is 8.73. The van der Waals surface area contributed by atoms with Crippen molar-refractivity contribution < 1.29 is 0 Å². The number of hydrogen-bond acceptors (Lipinski definition) is 2. The van der Waals surface area contributed by atoms with Crippen LogP contribution < -0.4 is 0 Å². The molecule has 38 heavy (non-hydrogen) atoms. The van der Waals surface area contributed by atoms with E-state index in [4.69, 9.17) is 4.98 Å². The van der Waals surface area contributed by atoms with Crippen molar-refractivity contribution in [3.63, 3.8) is 0 Å². The highest BCUT2D eigenvalue weighted by molar-refractivity contribution is 8.03. The second-order valence-corrected chi connectivity index (χ2v) is 11.0. The van der Waals surface area contributed by atoms with Gasteiger partial charge in [0.1, 0.15) is 5.82 Å². The van der Waals surface area contributed by atoms with Gasteiger partial charge in [0, 0.05) is 32.3 Å². The molecule has 2 aliphatic rings. The van der Waals surface area contributed by atoms with E-state index in [-0.39, 0.29) is 0 Å². The summed E-state index contributed by atoms with van der Waals surface area (Å²) in [5.74, 6) is 0.968. The third-order valence-corrected chi connectivity index (χ3v) is 8.96. The summed E-state index contributed by atoms with van der Waals surface area (Å²) in [7, 11) is 0. The van der Waals surface area contributed by atoms with Crippen LogP contribution in [0.2, 0.25) is 0 Å². The van der Waals surface area contributed by atoms with E-state index in [2.05, 4.69) is 120 Å². The first-order chi connectivity index (χ1) is 18.9. The largest absolute Gasteiger partial charge is 0.293 e. The highest BCUT2D eigenvalue weighted by Gasteiger charge is 2.30. The van der Waals surface area contributed by atoms with Crippen LogP contribution in [0.5, 0.6) is 0 Å². The Bertz CT molecular complexity index is 1940. The van der Waals surface area contributed by atoms with Crippen LogP contribution in [-0.2, 0) is 0 Å². The molecule has 3 heterocycles. The molecule has 3 heteroatoms. The molecule has 2 aromatic heterocycles. The van der Waals surface area contributed by atoms with Gasteiger partial charge in [-0.25, -0.2) is 4.98 Å². The van der Waals surface area contributed by atoms with Crippen molar-refractivity contribution in [2.45, 2.75) is 17.7 Å². The Morgan fingerprint density at radius 1 is 0.737 bits per heavy atom. The molecule has 0 bridgehead atoms. The van der Waals surface area contributed by atoms with Crippen LogP contribution in [0.25, 0.3) is 55.3 Å². The Balaban J connectivity index is 1.51. The van der Waals surface area contributed by atoms with Gasteiger partial charge in [-0.3, -0.25) is 4.57 Å². The molecule has 2 nitrogen and oxygen atoms in total. The number of benzene rings is 4. The Kier molecular flexibility index (Phi) is 4.92. The summed E-state index contributed by atoms with van der Waals surface area (Å²) < 4.78 is 2.41. The fourth-order valence-corrected chi connectivity index (χ4v) is 7.28. The molecule has 8 rings (SSSR count). The lowest BCUT2D eigenvalue weighted by molar-refractivity contribution is 0.985. The SMILES string of the molecule is C1=CC2=C(CC1)c1c(c3ccccc3n1-c1cc3ccccc3cn1)-c1cccc(-c3ccccc3)c1S2. The van der Waals surface area contributed by atoms with Crippen LogP contribution >= 0.6 is 11.8 Å². The highest BCUT2D eigenvalue weighted by Crippen LogP contribution is 2.54. The molecular weight excluding hydrogens is 480 g/mol. The van der Waals surface area contributed by atoms with Gasteiger partial charge in [0.25, 0.3) is 0 Å². The normalized spacial score (nSPS) is 14.3. The third-order valence-electron chi connectivity index (χ3n) is 7.72. The molecule has 0 amide bonds. The van der Waals surface area contributed by atoms with Gasteiger partial charge in [0.2, 0.25) is 0 Å². The molecule has 0 atom stereocenters. The number of rotatable bonds is 2. The van der Waals surface area contributed by atoms with Gasteiger partial charge in [-0.2, -0.15) is 0 Å². The third kappa shape index (κ3) is 3.25. The number of fused-ring (bicyclic) bond motifs is 7. The number of hydrogen-bond donors (Lipinski definition) is 0. The fourth-order valence-electron chi connectivity index (χ4n) is 6.00. The predicted octanol–water partition coefficient (Wildman–Crippen LogP) is 9.68. The first kappa shape index (κ1) is 21.7. The number of pyridine rings is 1. The summed E-state index contributed by atoms with van der Waals surface area (Å²) in [6, 6.07) is 37.1. The number of nitrogens with zero attached hydrogens (tertiary/aromatic N) is 2. The minimum absolute atomic E-state index is 0.968. The molecule has 4 aromatic carbocycles. The molecule has 1 aliphatic carbocycles. The standard InChI is InChI=1S/C35H24N2S/c1-2-11-23(12-3-1)26-17-10-18-29-33-27-15-6-8-19-30(27)37(32-21-24-13-4-5-14-25(24)22-36-32)34(33)28-16-7-9-20-31(28)38-35(26)29/h1-6,8-15,17-22H,7,16H2. The van der Waals surface area contributed by atoms with Crippen LogP contribution in [-0.4, -0.2) is 9.55 Å². The van der Waals surface area contributed by atoms with Crippen LogP contribution in [0.4, 0.5) is 0 Å². The van der Waals surface area contributed by atoms with Crippen molar-refractivity contribution in [2.75, 3.05) is 0 Å². The first-order valence-corrected chi connectivity index (χ1v) is 13.9. The van der Waals surface area contributed by atoms with Crippen molar-refractivity contribution in [3.8, 4) is 28.1 Å². The number of para-hydroxylation sites is 1. The first-order valence-electron chi connectivity index (χ1n) is 13.1. The summed E-state index contributed by atoms with van der Waals surface area (Å²) in [4.78, 5) is 7.67. The van der Waals surface area contributed by atoms with Gasteiger partial charge < -0.3 is 0 Å². The van der Waals surface area contributed by atoms with E-state index in [9.17, 15) is 0 Å². The van der Waals surface area contributed by atoms with Gasteiger partial charge in [0.05, 0.1) is 11.2 Å². The molecule has 0 spiro atoms. The maximum absolute atomic E-state index is 5.01. The van der Waals surface area contributed by atoms with Gasteiger partial charge in [-0.15, -0.1) is 0 Å². The quantitative estimate of drug-likeness (QED) is 0.234.